The largest absolute Gasteiger partial charge is 0.444 e. The molecule has 0 aromatic heterocycles. The van der Waals surface area contributed by atoms with Gasteiger partial charge in [0.15, 0.2) is 0 Å². The van der Waals surface area contributed by atoms with Crippen LogP contribution >= 0.6 is 0 Å². The van der Waals surface area contributed by atoms with E-state index in [4.69, 9.17) is 4.74 Å². The van der Waals surface area contributed by atoms with Crippen molar-refractivity contribution in [2.45, 2.75) is 65.1 Å². The minimum Gasteiger partial charge on any atom is -0.444 e. The number of carbonyl (C=O) groups is 1. The van der Waals surface area contributed by atoms with Crippen LogP contribution in [0.25, 0.3) is 0 Å². The normalized spacial score (nSPS) is 20.7. The maximum Gasteiger partial charge on any atom is 0.410 e. The van der Waals surface area contributed by atoms with Gasteiger partial charge in [-0.3, -0.25) is 0 Å². The smallest absolute Gasteiger partial charge is 0.410 e. The van der Waals surface area contributed by atoms with Crippen molar-refractivity contribution in [3.63, 3.8) is 0 Å². The van der Waals surface area contributed by atoms with E-state index in [0.717, 1.165) is 19.5 Å². The first kappa shape index (κ1) is 14.3. The van der Waals surface area contributed by atoms with Crippen molar-refractivity contribution < 1.29 is 9.53 Å². The Kier molecular flexibility index (Phi) is 4.80. The van der Waals surface area contributed by atoms with Crippen LogP contribution < -0.4 is 5.32 Å². The van der Waals surface area contributed by atoms with E-state index in [9.17, 15) is 4.79 Å². The molecule has 1 fully saturated rings. The molecule has 1 rings (SSSR count). The average Bonchev–Trinajstić information content (AvgIpc) is 2.62. The standard InChI is InChI=1S/C13H26N2O2/c1-10(2)15(9-11-7-6-8-14-11)12(16)17-13(3,4)5/h10-11,14H,6-9H2,1-5H3/t11-/m1/s1. The number of nitrogens with one attached hydrogen (secondary N) is 1. The van der Waals surface area contributed by atoms with E-state index in [2.05, 4.69) is 5.32 Å². The first-order valence-corrected chi connectivity index (χ1v) is 6.52. The van der Waals surface area contributed by atoms with Crippen LogP contribution in [0.3, 0.4) is 0 Å². The lowest BCUT2D eigenvalue weighted by Crippen LogP contribution is -2.46. The van der Waals surface area contributed by atoms with E-state index in [1.807, 2.05) is 39.5 Å². The van der Waals surface area contributed by atoms with Gasteiger partial charge in [-0.2, -0.15) is 0 Å². The van der Waals surface area contributed by atoms with E-state index in [1.54, 1.807) is 0 Å². The van der Waals surface area contributed by atoms with Crippen LogP contribution in [0.1, 0.15) is 47.5 Å². The number of hydrogen-bond acceptors (Lipinski definition) is 3. The van der Waals surface area contributed by atoms with Gasteiger partial charge in [0.2, 0.25) is 0 Å². The Morgan fingerprint density at radius 2 is 2.12 bits per heavy atom. The third-order valence-corrected chi connectivity index (χ3v) is 2.83. The third-order valence-electron chi connectivity index (χ3n) is 2.83. The Labute approximate surface area is 105 Å². The fourth-order valence-electron chi connectivity index (χ4n) is 1.97. The average molecular weight is 242 g/mol. The molecular weight excluding hydrogens is 216 g/mol. The van der Waals surface area contributed by atoms with Crippen molar-refractivity contribution in [2.24, 2.45) is 0 Å². The van der Waals surface area contributed by atoms with Gasteiger partial charge in [0.05, 0.1) is 0 Å². The molecule has 0 saturated carbocycles. The van der Waals surface area contributed by atoms with Crippen molar-refractivity contribution in [3.8, 4) is 0 Å². The fraction of sp³-hybridized carbons (Fsp3) is 0.923. The summed E-state index contributed by atoms with van der Waals surface area (Å²) in [6.07, 6.45) is 2.14. The van der Waals surface area contributed by atoms with Gasteiger partial charge in [-0.15, -0.1) is 0 Å². The van der Waals surface area contributed by atoms with Gasteiger partial charge in [-0.25, -0.2) is 4.79 Å². The predicted octanol–water partition coefficient (Wildman–Crippen LogP) is 2.38. The van der Waals surface area contributed by atoms with Crippen molar-refractivity contribution in [3.05, 3.63) is 0 Å². The van der Waals surface area contributed by atoms with Crippen molar-refractivity contribution in [2.75, 3.05) is 13.1 Å². The molecule has 1 aliphatic heterocycles. The van der Waals surface area contributed by atoms with Crippen molar-refractivity contribution in [1.29, 1.82) is 0 Å². The lowest BCUT2D eigenvalue weighted by atomic mass is 10.2. The van der Waals surface area contributed by atoms with Crippen molar-refractivity contribution >= 4 is 6.09 Å². The molecule has 0 aliphatic carbocycles. The Balaban J connectivity index is 2.55. The zero-order valence-electron chi connectivity index (χ0n) is 11.7. The fourth-order valence-corrected chi connectivity index (χ4v) is 1.97. The van der Waals surface area contributed by atoms with Crippen LogP contribution in [0.5, 0.6) is 0 Å². The van der Waals surface area contributed by atoms with Gasteiger partial charge in [0, 0.05) is 18.6 Å². The summed E-state index contributed by atoms with van der Waals surface area (Å²) in [4.78, 5) is 13.9. The molecule has 0 radical (unpaired) electrons. The van der Waals surface area contributed by atoms with Gasteiger partial charge in [-0.05, 0) is 54.0 Å². The van der Waals surface area contributed by atoms with Gasteiger partial charge >= 0.3 is 6.09 Å². The molecule has 4 nitrogen and oxygen atoms in total. The highest BCUT2D eigenvalue weighted by Gasteiger charge is 2.27. The van der Waals surface area contributed by atoms with E-state index in [0.29, 0.717) is 6.04 Å². The van der Waals surface area contributed by atoms with E-state index in [-0.39, 0.29) is 12.1 Å². The minimum atomic E-state index is -0.423. The summed E-state index contributed by atoms with van der Waals surface area (Å²) < 4.78 is 5.43. The highest BCUT2D eigenvalue weighted by molar-refractivity contribution is 5.68. The first-order chi connectivity index (χ1) is 7.79. The second kappa shape index (κ2) is 5.71. The molecular formula is C13H26N2O2. The highest BCUT2D eigenvalue weighted by atomic mass is 16.6. The molecule has 100 valence electrons. The highest BCUT2D eigenvalue weighted by Crippen LogP contribution is 2.14. The number of ether oxygens (including phenoxy) is 1. The van der Waals surface area contributed by atoms with Crippen LogP contribution in [0.15, 0.2) is 0 Å². The summed E-state index contributed by atoms with van der Waals surface area (Å²) in [5.41, 5.74) is -0.423. The predicted molar refractivity (Wildman–Crippen MR) is 69.1 cm³/mol. The molecule has 0 aromatic rings. The number of hydrogen-bond donors (Lipinski definition) is 1. The Bertz CT molecular complexity index is 253. The Morgan fingerprint density at radius 1 is 1.47 bits per heavy atom. The van der Waals surface area contributed by atoms with Crippen LogP contribution in [0.2, 0.25) is 0 Å². The van der Waals surface area contributed by atoms with Gasteiger partial charge in [0.1, 0.15) is 5.60 Å². The third kappa shape index (κ3) is 4.94. The van der Waals surface area contributed by atoms with Crippen LogP contribution in [-0.4, -0.2) is 41.8 Å². The molecule has 0 spiro atoms. The second-order valence-electron chi connectivity index (χ2n) is 6.02. The quantitative estimate of drug-likeness (QED) is 0.826. The van der Waals surface area contributed by atoms with E-state index < -0.39 is 5.60 Å². The molecule has 17 heavy (non-hydrogen) atoms. The van der Waals surface area contributed by atoms with E-state index >= 15 is 0 Å². The van der Waals surface area contributed by atoms with E-state index in [1.165, 1.54) is 6.42 Å². The minimum absolute atomic E-state index is 0.173. The van der Waals surface area contributed by atoms with Gasteiger partial charge in [0.25, 0.3) is 0 Å². The zero-order chi connectivity index (χ0) is 13.1. The molecule has 0 unspecified atom stereocenters. The molecule has 0 bridgehead atoms. The Hall–Kier alpha value is -0.770. The molecule has 1 N–H and O–H groups in total. The van der Waals surface area contributed by atoms with Crippen LogP contribution in [0.4, 0.5) is 4.79 Å². The molecule has 0 aromatic carbocycles. The van der Waals surface area contributed by atoms with Gasteiger partial charge in [-0.1, -0.05) is 0 Å². The maximum atomic E-state index is 12.1. The lowest BCUT2D eigenvalue weighted by molar-refractivity contribution is 0.0174. The summed E-state index contributed by atoms with van der Waals surface area (Å²) in [5.74, 6) is 0. The molecule has 1 saturated heterocycles. The number of amides is 1. The number of carbonyl (C=O) groups excluding carboxylic acids is 1. The summed E-state index contributed by atoms with van der Waals surface area (Å²) in [6.45, 7) is 11.6. The van der Waals surface area contributed by atoms with Crippen LogP contribution in [-0.2, 0) is 4.74 Å². The summed E-state index contributed by atoms with van der Waals surface area (Å²) in [7, 11) is 0. The topological polar surface area (TPSA) is 41.6 Å². The van der Waals surface area contributed by atoms with Gasteiger partial charge < -0.3 is 15.0 Å². The number of rotatable bonds is 3. The molecule has 4 heteroatoms. The molecule has 1 atom stereocenters. The first-order valence-electron chi connectivity index (χ1n) is 6.52. The lowest BCUT2D eigenvalue weighted by Gasteiger charge is -2.31. The molecule has 1 amide bonds. The molecule has 1 aliphatic rings. The number of nitrogens with zero attached hydrogens (tertiary/aromatic N) is 1. The summed E-state index contributed by atoms with van der Waals surface area (Å²) >= 11 is 0. The maximum absolute atomic E-state index is 12.1. The second-order valence-corrected chi connectivity index (χ2v) is 6.02. The van der Waals surface area contributed by atoms with Crippen molar-refractivity contribution in [1.82, 2.24) is 10.2 Å². The summed E-state index contributed by atoms with van der Waals surface area (Å²) in [5, 5.41) is 3.41. The van der Waals surface area contributed by atoms with Crippen LogP contribution in [0, 0.1) is 0 Å². The summed E-state index contributed by atoms with van der Waals surface area (Å²) in [6, 6.07) is 0.595. The monoisotopic (exact) mass is 242 g/mol. The molecule has 1 heterocycles. The Morgan fingerprint density at radius 3 is 2.53 bits per heavy atom. The zero-order valence-corrected chi connectivity index (χ0v) is 11.7. The SMILES string of the molecule is CC(C)N(C[C@H]1CCCN1)C(=O)OC(C)(C)C.